The lowest BCUT2D eigenvalue weighted by atomic mass is 10.2. The van der Waals surface area contributed by atoms with E-state index in [-0.39, 0.29) is 6.04 Å². The fourth-order valence-corrected chi connectivity index (χ4v) is 1.83. The Balaban J connectivity index is 2.49. The van der Waals surface area contributed by atoms with Gasteiger partial charge in [-0.3, -0.25) is 0 Å². The molecule has 0 saturated carbocycles. The van der Waals surface area contributed by atoms with Crippen molar-refractivity contribution >= 4 is 11.6 Å². The molecule has 0 aliphatic heterocycles. The fraction of sp³-hybridized carbons (Fsp3) is 0.250. The Morgan fingerprint density at radius 3 is 2.75 bits per heavy atom. The average molecular weight is 236 g/mol. The third-order valence-corrected chi connectivity index (χ3v) is 2.95. The molecule has 0 saturated heterocycles. The highest BCUT2D eigenvalue weighted by Crippen LogP contribution is 2.23. The van der Waals surface area contributed by atoms with Crippen LogP contribution in [0.2, 0.25) is 5.02 Å². The zero-order chi connectivity index (χ0) is 11.5. The quantitative estimate of drug-likeness (QED) is 0.887. The molecule has 0 spiro atoms. The largest absolute Gasteiger partial charge is 0.312 e. The summed E-state index contributed by atoms with van der Waals surface area (Å²) in [6, 6.07) is 9.92. The maximum Gasteiger partial charge on any atom is 0.0835 e. The van der Waals surface area contributed by atoms with Gasteiger partial charge in [0, 0.05) is 12.2 Å². The molecule has 0 aliphatic rings. The van der Waals surface area contributed by atoms with Crippen molar-refractivity contribution in [3.8, 4) is 5.69 Å². The number of rotatable bonds is 3. The molecule has 0 bridgehead atoms. The van der Waals surface area contributed by atoms with Crippen molar-refractivity contribution < 1.29 is 0 Å². The van der Waals surface area contributed by atoms with E-state index in [4.69, 9.17) is 11.6 Å². The van der Waals surface area contributed by atoms with Crippen LogP contribution in [0.3, 0.4) is 0 Å². The topological polar surface area (TPSA) is 29.9 Å². The summed E-state index contributed by atoms with van der Waals surface area (Å²) in [5, 5.41) is 8.21. The molecule has 16 heavy (non-hydrogen) atoms. The van der Waals surface area contributed by atoms with Gasteiger partial charge in [-0.25, -0.2) is 4.68 Å². The van der Waals surface area contributed by atoms with Crippen LogP contribution in [-0.4, -0.2) is 16.8 Å². The number of para-hydroxylation sites is 1. The highest BCUT2D eigenvalue weighted by atomic mass is 35.5. The van der Waals surface area contributed by atoms with E-state index in [0.717, 1.165) is 11.4 Å². The van der Waals surface area contributed by atoms with Crippen molar-refractivity contribution in [1.82, 2.24) is 15.1 Å². The number of benzene rings is 1. The summed E-state index contributed by atoms with van der Waals surface area (Å²) in [4.78, 5) is 0. The van der Waals surface area contributed by atoms with Crippen LogP contribution in [0.25, 0.3) is 5.69 Å². The van der Waals surface area contributed by atoms with E-state index in [0.29, 0.717) is 5.02 Å². The molecule has 0 radical (unpaired) electrons. The molecule has 1 heterocycles. The molecule has 1 N–H and O–H groups in total. The zero-order valence-electron chi connectivity index (χ0n) is 9.31. The Morgan fingerprint density at radius 1 is 1.31 bits per heavy atom. The van der Waals surface area contributed by atoms with E-state index < -0.39 is 0 Å². The molecular formula is C12H14ClN3. The van der Waals surface area contributed by atoms with Gasteiger partial charge in [0.25, 0.3) is 0 Å². The molecule has 1 atom stereocenters. The maximum atomic E-state index is 6.15. The van der Waals surface area contributed by atoms with Crippen LogP contribution in [0.1, 0.15) is 18.7 Å². The number of hydrogen-bond donors (Lipinski definition) is 1. The van der Waals surface area contributed by atoms with E-state index in [1.165, 1.54) is 0 Å². The van der Waals surface area contributed by atoms with E-state index in [2.05, 4.69) is 17.3 Å². The molecule has 0 aliphatic carbocycles. The molecule has 0 amide bonds. The van der Waals surface area contributed by atoms with Crippen LogP contribution in [0, 0.1) is 0 Å². The van der Waals surface area contributed by atoms with Crippen LogP contribution >= 0.6 is 11.6 Å². The Bertz CT molecular complexity index is 479. The van der Waals surface area contributed by atoms with E-state index in [1.807, 2.05) is 42.1 Å². The van der Waals surface area contributed by atoms with Gasteiger partial charge in [-0.1, -0.05) is 23.7 Å². The molecule has 4 heteroatoms. The summed E-state index contributed by atoms with van der Waals surface area (Å²) in [6.45, 7) is 2.09. The monoisotopic (exact) mass is 235 g/mol. The number of nitrogens with zero attached hydrogens (tertiary/aromatic N) is 2. The standard InChI is InChI=1S/C12H14ClN3/c1-9(14-2)11-7-8-15-16(11)12-6-4-3-5-10(12)13/h3-9,14H,1-2H3. The van der Waals surface area contributed by atoms with Gasteiger partial charge >= 0.3 is 0 Å². The van der Waals surface area contributed by atoms with Crippen molar-refractivity contribution in [2.75, 3.05) is 7.05 Å². The van der Waals surface area contributed by atoms with Gasteiger partial charge < -0.3 is 5.32 Å². The third-order valence-electron chi connectivity index (χ3n) is 2.63. The van der Waals surface area contributed by atoms with Crippen LogP contribution in [0.5, 0.6) is 0 Å². The molecule has 1 aromatic carbocycles. The second-order valence-corrected chi connectivity index (χ2v) is 4.04. The van der Waals surface area contributed by atoms with Gasteiger partial charge in [0.1, 0.15) is 0 Å². The van der Waals surface area contributed by atoms with Crippen LogP contribution < -0.4 is 5.32 Å². The first-order valence-electron chi connectivity index (χ1n) is 5.20. The summed E-state index contributed by atoms with van der Waals surface area (Å²) in [5.74, 6) is 0. The van der Waals surface area contributed by atoms with Crippen LogP contribution in [0.15, 0.2) is 36.5 Å². The lowest BCUT2D eigenvalue weighted by molar-refractivity contribution is 0.605. The van der Waals surface area contributed by atoms with Gasteiger partial charge in [0.15, 0.2) is 0 Å². The predicted octanol–water partition coefficient (Wildman–Crippen LogP) is 2.81. The summed E-state index contributed by atoms with van der Waals surface area (Å²) in [5.41, 5.74) is 2.00. The molecule has 2 rings (SSSR count). The lowest BCUT2D eigenvalue weighted by Crippen LogP contribution is -2.16. The van der Waals surface area contributed by atoms with Gasteiger partial charge in [-0.05, 0) is 32.2 Å². The highest BCUT2D eigenvalue weighted by molar-refractivity contribution is 6.32. The first-order valence-corrected chi connectivity index (χ1v) is 5.58. The first-order chi connectivity index (χ1) is 7.74. The predicted molar refractivity (Wildman–Crippen MR) is 66.0 cm³/mol. The second-order valence-electron chi connectivity index (χ2n) is 3.63. The third kappa shape index (κ3) is 1.96. The Labute approximate surface area is 100 Å². The minimum atomic E-state index is 0.235. The van der Waals surface area contributed by atoms with Gasteiger partial charge in [-0.2, -0.15) is 5.10 Å². The molecule has 84 valence electrons. The Hall–Kier alpha value is -1.32. The second kappa shape index (κ2) is 4.68. The minimum Gasteiger partial charge on any atom is -0.312 e. The molecular weight excluding hydrogens is 222 g/mol. The SMILES string of the molecule is CNC(C)c1ccnn1-c1ccccc1Cl. The maximum absolute atomic E-state index is 6.15. The number of halogens is 1. The Kier molecular flexibility index (Phi) is 3.27. The van der Waals surface area contributed by atoms with Crippen molar-refractivity contribution in [3.05, 3.63) is 47.2 Å². The molecule has 1 unspecified atom stereocenters. The van der Waals surface area contributed by atoms with Crippen molar-refractivity contribution in [3.63, 3.8) is 0 Å². The number of aromatic nitrogens is 2. The van der Waals surface area contributed by atoms with E-state index in [9.17, 15) is 0 Å². The highest BCUT2D eigenvalue weighted by Gasteiger charge is 2.12. The van der Waals surface area contributed by atoms with E-state index >= 15 is 0 Å². The summed E-state index contributed by atoms with van der Waals surface area (Å²) in [7, 11) is 1.93. The van der Waals surface area contributed by atoms with Crippen molar-refractivity contribution in [2.45, 2.75) is 13.0 Å². The van der Waals surface area contributed by atoms with E-state index in [1.54, 1.807) is 6.20 Å². The average Bonchev–Trinajstić information content (AvgIpc) is 2.77. The van der Waals surface area contributed by atoms with Crippen molar-refractivity contribution in [2.24, 2.45) is 0 Å². The minimum absolute atomic E-state index is 0.235. The first kappa shape index (κ1) is 11.2. The van der Waals surface area contributed by atoms with Gasteiger partial charge in [-0.15, -0.1) is 0 Å². The zero-order valence-corrected chi connectivity index (χ0v) is 10.1. The summed E-state index contributed by atoms with van der Waals surface area (Å²) < 4.78 is 1.86. The molecule has 3 nitrogen and oxygen atoms in total. The van der Waals surface area contributed by atoms with Gasteiger partial charge in [0.2, 0.25) is 0 Å². The summed E-state index contributed by atoms with van der Waals surface area (Å²) in [6.07, 6.45) is 1.78. The molecule has 0 fully saturated rings. The van der Waals surface area contributed by atoms with Crippen LogP contribution in [-0.2, 0) is 0 Å². The number of nitrogens with one attached hydrogen (secondary N) is 1. The Morgan fingerprint density at radius 2 is 2.06 bits per heavy atom. The molecule has 2 aromatic rings. The molecule has 1 aromatic heterocycles. The summed E-state index contributed by atoms with van der Waals surface area (Å²) >= 11 is 6.15. The lowest BCUT2D eigenvalue weighted by Gasteiger charge is -2.14. The fourth-order valence-electron chi connectivity index (χ4n) is 1.61. The van der Waals surface area contributed by atoms with Crippen molar-refractivity contribution in [1.29, 1.82) is 0 Å². The number of hydrogen-bond acceptors (Lipinski definition) is 2. The smallest absolute Gasteiger partial charge is 0.0835 e. The van der Waals surface area contributed by atoms with Crippen LogP contribution in [0.4, 0.5) is 0 Å². The van der Waals surface area contributed by atoms with Gasteiger partial charge in [0.05, 0.1) is 16.4 Å². The normalized spacial score (nSPS) is 12.7.